The van der Waals surface area contributed by atoms with Gasteiger partial charge >= 0.3 is 11.9 Å². The van der Waals surface area contributed by atoms with Gasteiger partial charge in [0.2, 0.25) is 0 Å². The van der Waals surface area contributed by atoms with E-state index in [1.807, 2.05) is 48.5 Å². The predicted molar refractivity (Wildman–Crippen MR) is 273 cm³/mol. The average molecular weight is 872 g/mol. The highest BCUT2D eigenvalue weighted by atomic mass is 16.5. The van der Waals surface area contributed by atoms with Crippen molar-refractivity contribution in [3.05, 3.63) is 262 Å². The molecule has 0 aliphatic heterocycles. The van der Waals surface area contributed by atoms with Gasteiger partial charge in [-0.25, -0.2) is 9.59 Å². The lowest BCUT2D eigenvalue weighted by Crippen LogP contribution is -2.16. The van der Waals surface area contributed by atoms with E-state index in [-0.39, 0.29) is 0 Å². The van der Waals surface area contributed by atoms with E-state index in [1.165, 1.54) is 0 Å². The second-order valence-electron chi connectivity index (χ2n) is 15.4. The number of esters is 2. The van der Waals surface area contributed by atoms with Crippen LogP contribution >= 0.6 is 0 Å². The summed E-state index contributed by atoms with van der Waals surface area (Å²) >= 11 is 0. The molecular weight excluding hydrogens is 827 g/mol. The third kappa shape index (κ3) is 9.97. The lowest BCUT2D eigenvalue weighted by molar-refractivity contribution is -0.129. The fourth-order valence-corrected chi connectivity index (χ4v) is 7.97. The molecule has 0 N–H and O–H groups in total. The van der Waals surface area contributed by atoms with Crippen molar-refractivity contribution < 1.29 is 19.1 Å². The molecular formula is C60H45N3O4. The van der Waals surface area contributed by atoms with E-state index in [4.69, 9.17) is 9.47 Å². The third-order valence-corrected chi connectivity index (χ3v) is 11.1. The summed E-state index contributed by atoms with van der Waals surface area (Å²) in [5.41, 5.74) is 12.7. The smallest absolute Gasteiger partial charge is 0.335 e. The molecule has 0 saturated carbocycles. The van der Waals surface area contributed by atoms with Crippen molar-refractivity contribution in [3.8, 4) is 33.8 Å². The number of para-hydroxylation sites is 4. The molecule has 9 rings (SSSR count). The van der Waals surface area contributed by atoms with E-state index in [2.05, 4.69) is 192 Å². The zero-order chi connectivity index (χ0) is 46.0. The number of ether oxygens (including phenoxy) is 2. The Hall–Kier alpha value is -9.20. The molecule has 0 unspecified atom stereocenters. The highest BCUT2D eigenvalue weighted by molar-refractivity contribution is 5.90. The summed E-state index contributed by atoms with van der Waals surface area (Å²) in [4.78, 5) is 30.6. The summed E-state index contributed by atoms with van der Waals surface area (Å²) in [5.74, 6) is -0.119. The van der Waals surface area contributed by atoms with Gasteiger partial charge in [-0.15, -0.1) is 0 Å². The molecule has 9 aromatic carbocycles. The predicted octanol–water partition coefficient (Wildman–Crippen LogP) is 15.6. The summed E-state index contributed by atoms with van der Waals surface area (Å²) in [6.45, 7) is 7.00. The molecule has 0 fully saturated rings. The number of carbonyl (C=O) groups is 2. The van der Waals surface area contributed by atoms with E-state index in [0.29, 0.717) is 11.5 Å². The molecule has 7 nitrogen and oxygen atoms in total. The van der Waals surface area contributed by atoms with Crippen molar-refractivity contribution in [2.75, 3.05) is 14.7 Å². The third-order valence-electron chi connectivity index (χ3n) is 11.1. The van der Waals surface area contributed by atoms with Crippen LogP contribution in [0.3, 0.4) is 0 Å². The van der Waals surface area contributed by atoms with E-state index in [9.17, 15) is 9.59 Å². The number of hydrogen-bond donors (Lipinski definition) is 0. The number of anilines is 9. The van der Waals surface area contributed by atoms with Crippen molar-refractivity contribution in [2.45, 2.75) is 0 Å². The maximum atomic E-state index is 11.9. The number of nitrogens with zero attached hydrogens (tertiary/aromatic N) is 3. The maximum absolute atomic E-state index is 11.9. The van der Waals surface area contributed by atoms with Crippen LogP contribution in [0.5, 0.6) is 11.5 Å². The molecule has 0 radical (unpaired) electrons. The van der Waals surface area contributed by atoms with Crippen LogP contribution in [-0.4, -0.2) is 11.9 Å². The van der Waals surface area contributed by atoms with Crippen LogP contribution in [0.4, 0.5) is 51.2 Å². The zero-order valence-electron chi connectivity index (χ0n) is 36.6. The lowest BCUT2D eigenvalue weighted by atomic mass is 10.0. The second kappa shape index (κ2) is 20.1. The van der Waals surface area contributed by atoms with Gasteiger partial charge in [-0.3, -0.25) is 0 Å². The Bertz CT molecular complexity index is 2820. The van der Waals surface area contributed by atoms with Crippen molar-refractivity contribution in [1.29, 1.82) is 0 Å². The minimum atomic E-state index is -0.506. The van der Waals surface area contributed by atoms with Gasteiger partial charge in [0.15, 0.2) is 0 Å². The first kappa shape index (κ1) is 43.1. The van der Waals surface area contributed by atoms with Crippen LogP contribution < -0.4 is 24.2 Å². The quantitative estimate of drug-likeness (QED) is 0.0578. The summed E-state index contributed by atoms with van der Waals surface area (Å²) in [6, 6.07) is 80.2. The van der Waals surface area contributed by atoms with Gasteiger partial charge in [0.25, 0.3) is 0 Å². The Morgan fingerprint density at radius 3 is 0.761 bits per heavy atom. The fourth-order valence-electron chi connectivity index (χ4n) is 7.97. The fraction of sp³-hybridized carbons (Fsp3) is 0. The summed E-state index contributed by atoms with van der Waals surface area (Å²) < 4.78 is 10.7. The molecule has 0 aromatic heterocycles. The van der Waals surface area contributed by atoms with Gasteiger partial charge < -0.3 is 24.2 Å². The average Bonchev–Trinajstić information content (AvgIpc) is 3.39. The van der Waals surface area contributed by atoms with E-state index in [0.717, 1.165) is 85.6 Å². The summed E-state index contributed by atoms with van der Waals surface area (Å²) in [6.07, 6.45) is 2.30. The maximum Gasteiger partial charge on any atom is 0.335 e. The van der Waals surface area contributed by atoms with Crippen LogP contribution in [0.15, 0.2) is 262 Å². The molecule has 324 valence electrons. The van der Waals surface area contributed by atoms with Crippen LogP contribution in [0, 0.1) is 0 Å². The molecule has 0 amide bonds. The Kier molecular flexibility index (Phi) is 12.9. The van der Waals surface area contributed by atoms with Crippen LogP contribution in [-0.2, 0) is 9.59 Å². The van der Waals surface area contributed by atoms with Gasteiger partial charge in [-0.1, -0.05) is 134 Å². The molecule has 7 heteroatoms. The number of hydrogen-bond acceptors (Lipinski definition) is 7. The van der Waals surface area contributed by atoms with Crippen LogP contribution in [0.1, 0.15) is 0 Å². The van der Waals surface area contributed by atoms with Gasteiger partial charge in [0.05, 0.1) is 17.1 Å². The Morgan fingerprint density at radius 2 is 0.522 bits per heavy atom. The molecule has 0 saturated heterocycles. The van der Waals surface area contributed by atoms with E-state index in [1.54, 1.807) is 24.3 Å². The largest absolute Gasteiger partial charge is 0.423 e. The van der Waals surface area contributed by atoms with Crippen LogP contribution in [0.25, 0.3) is 22.3 Å². The highest BCUT2D eigenvalue weighted by Gasteiger charge is 2.22. The Morgan fingerprint density at radius 1 is 0.299 bits per heavy atom. The first-order chi connectivity index (χ1) is 32.9. The molecule has 9 aromatic rings. The minimum absolute atomic E-state index is 0.447. The minimum Gasteiger partial charge on any atom is -0.423 e. The van der Waals surface area contributed by atoms with E-state index >= 15 is 0 Å². The van der Waals surface area contributed by atoms with E-state index < -0.39 is 11.9 Å². The van der Waals surface area contributed by atoms with Gasteiger partial charge in [-0.05, 0) is 138 Å². The number of benzene rings is 9. The molecule has 0 aliphatic rings. The van der Waals surface area contributed by atoms with Crippen molar-refractivity contribution in [1.82, 2.24) is 0 Å². The first-order valence-corrected chi connectivity index (χ1v) is 21.8. The highest BCUT2D eigenvalue weighted by Crippen LogP contribution is 2.46. The molecule has 67 heavy (non-hydrogen) atoms. The first-order valence-electron chi connectivity index (χ1n) is 21.8. The number of carbonyl (C=O) groups excluding carboxylic acids is 2. The second-order valence-corrected chi connectivity index (χ2v) is 15.4. The zero-order valence-corrected chi connectivity index (χ0v) is 36.6. The Labute approximate surface area is 391 Å². The summed E-state index contributed by atoms with van der Waals surface area (Å²) in [5, 5.41) is 0. The summed E-state index contributed by atoms with van der Waals surface area (Å²) in [7, 11) is 0. The monoisotopic (exact) mass is 871 g/mol. The Balaban J connectivity index is 1.22. The molecule has 0 heterocycles. The van der Waals surface area contributed by atoms with Crippen molar-refractivity contribution in [3.63, 3.8) is 0 Å². The van der Waals surface area contributed by atoms with Gasteiger partial charge in [-0.2, -0.15) is 0 Å². The van der Waals surface area contributed by atoms with Crippen molar-refractivity contribution in [2.24, 2.45) is 0 Å². The SMILES string of the molecule is C=CC(=O)Oc1ccc(-c2ccc(N(c3ccc(-c4ccc(OC(=O)C=C)cc4)cc3)c3cc(N(c4ccccc4)c4ccccc4)cc(N(c4ccccc4)c4ccccc4)c3)cc2)cc1. The standard InChI is InChI=1S/C60H45N3O4/c1-3-59(64)66-57-37-29-46(30-38-57)44-25-33-52(34-26-44)63(53-35-27-45(28-36-53)47-31-39-58(40-32-47)67-60(65)4-2)56-42-54(61(48-17-9-5-10-18-48)49-19-11-6-12-20-49)41-55(43-56)62(50-21-13-7-14-22-50)51-23-15-8-16-24-51/h3-43H,1-2H2. The molecule has 0 aliphatic carbocycles. The van der Waals surface area contributed by atoms with Crippen molar-refractivity contribution >= 4 is 63.1 Å². The van der Waals surface area contributed by atoms with Crippen LogP contribution in [0.2, 0.25) is 0 Å². The molecule has 0 atom stereocenters. The lowest BCUT2D eigenvalue weighted by Gasteiger charge is -2.33. The topological polar surface area (TPSA) is 62.3 Å². The molecule has 0 spiro atoms. The number of rotatable bonds is 15. The van der Waals surface area contributed by atoms with Gasteiger partial charge in [0.1, 0.15) is 11.5 Å². The van der Waals surface area contributed by atoms with Gasteiger partial charge in [0, 0.05) is 46.3 Å². The molecule has 0 bridgehead atoms. The normalized spacial score (nSPS) is 10.6.